The van der Waals surface area contributed by atoms with E-state index in [2.05, 4.69) is 10.1 Å². The summed E-state index contributed by atoms with van der Waals surface area (Å²) in [6.45, 7) is 1.91. The van der Waals surface area contributed by atoms with Crippen molar-refractivity contribution in [1.82, 2.24) is 14.6 Å². The molecule has 0 aliphatic rings. The molecule has 3 aromatic heterocycles. The van der Waals surface area contributed by atoms with Crippen LogP contribution in [0, 0.1) is 6.92 Å². The normalized spacial score (nSPS) is 11.3. The molecule has 0 fully saturated rings. The molecular formula is C14H9N3O3S. The van der Waals surface area contributed by atoms with Crippen LogP contribution in [-0.2, 0) is 0 Å². The van der Waals surface area contributed by atoms with E-state index in [0.29, 0.717) is 16.5 Å². The first-order valence-electron chi connectivity index (χ1n) is 6.22. The van der Waals surface area contributed by atoms with Crippen molar-refractivity contribution in [3.05, 3.63) is 52.6 Å². The third-order valence-corrected chi connectivity index (χ3v) is 3.75. The van der Waals surface area contributed by atoms with Crippen LogP contribution in [-0.4, -0.2) is 14.6 Å². The van der Waals surface area contributed by atoms with Gasteiger partial charge in [-0.2, -0.15) is 0 Å². The Balaban J connectivity index is 1.72. The fourth-order valence-corrected chi connectivity index (χ4v) is 2.84. The third-order valence-electron chi connectivity index (χ3n) is 2.94. The minimum Gasteiger partial charge on any atom is -0.430 e. The van der Waals surface area contributed by atoms with E-state index < -0.39 is 0 Å². The van der Waals surface area contributed by atoms with E-state index in [4.69, 9.17) is 9.15 Å². The lowest BCUT2D eigenvalue weighted by molar-refractivity contribution is 0.468. The summed E-state index contributed by atoms with van der Waals surface area (Å²) in [6.07, 6.45) is 1.83. The molecule has 0 saturated carbocycles. The van der Waals surface area contributed by atoms with Gasteiger partial charge in [-0.25, -0.2) is 14.3 Å². The Morgan fingerprint density at radius 3 is 3.00 bits per heavy atom. The van der Waals surface area contributed by atoms with E-state index in [1.807, 2.05) is 19.2 Å². The van der Waals surface area contributed by atoms with Crippen molar-refractivity contribution in [2.24, 2.45) is 0 Å². The molecule has 0 unspecified atom stereocenters. The van der Waals surface area contributed by atoms with Gasteiger partial charge in [-0.15, -0.1) is 5.10 Å². The summed E-state index contributed by atoms with van der Waals surface area (Å²) in [5.74, 6) is 0.561. The lowest BCUT2D eigenvalue weighted by atomic mass is 10.2. The SMILES string of the molecule is Cc1cn2nc(Oc3ccc4ccc(=O)oc4c3)sc2n1. The smallest absolute Gasteiger partial charge is 0.336 e. The molecule has 1 aromatic carbocycles. The number of hydrogen-bond donors (Lipinski definition) is 0. The van der Waals surface area contributed by atoms with Crippen molar-refractivity contribution in [3.63, 3.8) is 0 Å². The van der Waals surface area contributed by atoms with Crippen LogP contribution in [0.5, 0.6) is 10.9 Å². The number of aryl methyl sites for hydroxylation is 1. The summed E-state index contributed by atoms with van der Waals surface area (Å²) in [5, 5.41) is 5.61. The van der Waals surface area contributed by atoms with Crippen LogP contribution in [0.4, 0.5) is 0 Å². The molecule has 0 radical (unpaired) electrons. The maximum Gasteiger partial charge on any atom is 0.336 e. The average molecular weight is 299 g/mol. The van der Waals surface area contributed by atoms with Gasteiger partial charge < -0.3 is 9.15 Å². The molecule has 3 heterocycles. The van der Waals surface area contributed by atoms with Gasteiger partial charge in [-0.1, -0.05) is 0 Å². The summed E-state index contributed by atoms with van der Waals surface area (Å²) >= 11 is 1.35. The molecule has 6 nitrogen and oxygen atoms in total. The Kier molecular flexibility index (Phi) is 2.55. The number of nitrogens with zero attached hydrogens (tertiary/aromatic N) is 3. The molecule has 4 aromatic rings. The highest BCUT2D eigenvalue weighted by Crippen LogP contribution is 2.28. The van der Waals surface area contributed by atoms with Crippen LogP contribution in [0.15, 0.2) is 45.7 Å². The quantitative estimate of drug-likeness (QED) is 0.532. The van der Waals surface area contributed by atoms with Crippen molar-refractivity contribution < 1.29 is 9.15 Å². The number of fused-ring (bicyclic) bond motifs is 2. The number of hydrogen-bond acceptors (Lipinski definition) is 6. The average Bonchev–Trinajstić information content (AvgIpc) is 2.94. The van der Waals surface area contributed by atoms with Crippen molar-refractivity contribution in [1.29, 1.82) is 0 Å². The molecule has 0 atom stereocenters. The van der Waals surface area contributed by atoms with Gasteiger partial charge in [0.2, 0.25) is 4.96 Å². The van der Waals surface area contributed by atoms with Gasteiger partial charge in [0.05, 0.1) is 11.9 Å². The van der Waals surface area contributed by atoms with E-state index in [0.717, 1.165) is 16.0 Å². The van der Waals surface area contributed by atoms with Crippen LogP contribution in [0.3, 0.4) is 0 Å². The number of rotatable bonds is 2. The standard InChI is InChI=1S/C14H9N3O3S/c1-8-7-17-13(15-8)21-14(16-17)19-10-4-2-9-3-5-12(18)20-11(9)6-10/h2-7H,1H3. The van der Waals surface area contributed by atoms with Crippen molar-refractivity contribution in [2.45, 2.75) is 6.92 Å². The first-order valence-corrected chi connectivity index (χ1v) is 7.04. The highest BCUT2D eigenvalue weighted by atomic mass is 32.1. The second kappa shape index (κ2) is 4.42. The van der Waals surface area contributed by atoms with Gasteiger partial charge in [-0.05, 0) is 36.5 Å². The Bertz CT molecular complexity index is 984. The monoisotopic (exact) mass is 299 g/mol. The largest absolute Gasteiger partial charge is 0.430 e. The summed E-state index contributed by atoms with van der Waals surface area (Å²) in [6, 6.07) is 8.41. The molecule has 0 bridgehead atoms. The van der Waals surface area contributed by atoms with Crippen LogP contribution in [0.1, 0.15) is 5.69 Å². The number of ether oxygens (including phenoxy) is 1. The van der Waals surface area contributed by atoms with Crippen molar-refractivity contribution in [2.75, 3.05) is 0 Å². The van der Waals surface area contributed by atoms with E-state index in [-0.39, 0.29) is 5.63 Å². The summed E-state index contributed by atoms with van der Waals surface area (Å²) < 4.78 is 12.5. The second-order valence-corrected chi connectivity index (χ2v) is 5.45. The predicted octanol–water partition coefficient (Wildman–Crippen LogP) is 3.00. The van der Waals surface area contributed by atoms with Gasteiger partial charge in [-0.3, -0.25) is 0 Å². The number of aromatic nitrogens is 3. The molecule has 0 N–H and O–H groups in total. The van der Waals surface area contributed by atoms with Gasteiger partial charge in [0, 0.05) is 17.5 Å². The van der Waals surface area contributed by atoms with E-state index in [1.54, 1.807) is 22.7 Å². The molecule has 7 heteroatoms. The Hall–Kier alpha value is -2.67. The summed E-state index contributed by atoms with van der Waals surface area (Å²) in [4.78, 5) is 16.3. The predicted molar refractivity (Wildman–Crippen MR) is 78.2 cm³/mol. The second-order valence-electron chi connectivity index (χ2n) is 4.53. The van der Waals surface area contributed by atoms with Crippen molar-refractivity contribution in [3.8, 4) is 10.9 Å². The molecular weight excluding hydrogens is 290 g/mol. The first kappa shape index (κ1) is 12.1. The summed E-state index contributed by atoms with van der Waals surface area (Å²) in [5.41, 5.74) is 1.01. The lowest BCUT2D eigenvalue weighted by Crippen LogP contribution is -1.94. The molecule has 0 saturated heterocycles. The molecule has 4 rings (SSSR count). The fourth-order valence-electron chi connectivity index (χ4n) is 2.04. The van der Waals surface area contributed by atoms with Gasteiger partial charge in [0.1, 0.15) is 11.3 Å². The summed E-state index contributed by atoms with van der Waals surface area (Å²) in [7, 11) is 0. The van der Waals surface area contributed by atoms with Crippen LogP contribution in [0.2, 0.25) is 0 Å². The minimum atomic E-state index is -0.386. The zero-order valence-corrected chi connectivity index (χ0v) is 11.8. The molecule has 0 spiro atoms. The number of benzene rings is 1. The van der Waals surface area contributed by atoms with Crippen molar-refractivity contribution >= 4 is 27.3 Å². The van der Waals surface area contributed by atoms with Crippen LogP contribution in [0.25, 0.3) is 15.9 Å². The maximum absolute atomic E-state index is 11.2. The Labute approximate surface area is 122 Å². The minimum absolute atomic E-state index is 0.386. The first-order chi connectivity index (χ1) is 10.2. The molecule has 0 amide bonds. The maximum atomic E-state index is 11.2. The highest BCUT2D eigenvalue weighted by molar-refractivity contribution is 7.18. The zero-order valence-electron chi connectivity index (χ0n) is 10.9. The Morgan fingerprint density at radius 1 is 1.29 bits per heavy atom. The third kappa shape index (κ3) is 2.17. The topological polar surface area (TPSA) is 69.6 Å². The van der Waals surface area contributed by atoms with Crippen LogP contribution < -0.4 is 10.4 Å². The van der Waals surface area contributed by atoms with E-state index >= 15 is 0 Å². The molecule has 0 aliphatic carbocycles. The van der Waals surface area contributed by atoms with E-state index in [1.165, 1.54) is 17.4 Å². The van der Waals surface area contributed by atoms with Gasteiger partial charge in [0.15, 0.2) is 0 Å². The van der Waals surface area contributed by atoms with E-state index in [9.17, 15) is 4.79 Å². The molecule has 0 aliphatic heterocycles. The zero-order chi connectivity index (χ0) is 14.4. The van der Waals surface area contributed by atoms with Gasteiger partial charge >= 0.3 is 5.63 Å². The van der Waals surface area contributed by atoms with Crippen LogP contribution >= 0.6 is 11.3 Å². The lowest BCUT2D eigenvalue weighted by Gasteiger charge is -2.02. The fraction of sp³-hybridized carbons (Fsp3) is 0.0714. The molecule has 104 valence electrons. The highest BCUT2D eigenvalue weighted by Gasteiger charge is 2.09. The molecule has 21 heavy (non-hydrogen) atoms. The van der Waals surface area contributed by atoms with Gasteiger partial charge in [0.25, 0.3) is 5.19 Å². The number of imidazole rings is 1. The Morgan fingerprint density at radius 2 is 2.14 bits per heavy atom.